The summed E-state index contributed by atoms with van der Waals surface area (Å²) < 4.78 is 4.80. The minimum Gasteiger partial charge on any atom is -0.464 e. The fraction of sp³-hybridized carbons (Fsp3) is 0.462. The molecule has 0 aliphatic carbocycles. The van der Waals surface area contributed by atoms with Crippen LogP contribution in [-0.4, -0.2) is 23.8 Å². The zero-order valence-corrected chi connectivity index (χ0v) is 10.8. The molecule has 0 fully saturated rings. The van der Waals surface area contributed by atoms with Gasteiger partial charge in [-0.15, -0.1) is 11.6 Å². The van der Waals surface area contributed by atoms with E-state index in [4.69, 9.17) is 16.3 Å². The van der Waals surface area contributed by atoms with Crippen LogP contribution < -0.4 is 0 Å². The second kappa shape index (κ2) is 6.03. The van der Waals surface area contributed by atoms with Crippen LogP contribution >= 0.6 is 11.6 Å². The standard InChI is InChI=1S/C13H17ClO3/c1-3-13(14,10-8-6-5-7-9-10)11(15)12(16)17-4-2/h5-9,11,15H,3-4H2,1-2H3/t11-,13-/m0/s1. The van der Waals surface area contributed by atoms with Crippen molar-refractivity contribution >= 4 is 17.6 Å². The molecule has 0 heterocycles. The highest BCUT2D eigenvalue weighted by Crippen LogP contribution is 2.36. The average Bonchev–Trinajstić information content (AvgIpc) is 2.38. The Morgan fingerprint density at radius 3 is 2.47 bits per heavy atom. The lowest BCUT2D eigenvalue weighted by Gasteiger charge is -2.30. The largest absolute Gasteiger partial charge is 0.464 e. The van der Waals surface area contributed by atoms with Crippen LogP contribution in [0.2, 0.25) is 0 Å². The number of aliphatic hydroxyl groups is 1. The van der Waals surface area contributed by atoms with Crippen molar-refractivity contribution < 1.29 is 14.6 Å². The molecule has 0 saturated carbocycles. The number of ether oxygens (including phenoxy) is 1. The van der Waals surface area contributed by atoms with Gasteiger partial charge in [0.05, 0.1) is 6.61 Å². The van der Waals surface area contributed by atoms with Gasteiger partial charge in [0.15, 0.2) is 6.10 Å². The summed E-state index contributed by atoms with van der Waals surface area (Å²) in [4.78, 5) is 10.4. The molecule has 17 heavy (non-hydrogen) atoms. The van der Waals surface area contributed by atoms with Crippen LogP contribution in [0.25, 0.3) is 0 Å². The van der Waals surface area contributed by atoms with Gasteiger partial charge < -0.3 is 9.84 Å². The molecule has 2 atom stereocenters. The molecule has 0 aromatic heterocycles. The van der Waals surface area contributed by atoms with E-state index in [1.165, 1.54) is 0 Å². The predicted molar refractivity (Wildman–Crippen MR) is 66.9 cm³/mol. The van der Waals surface area contributed by atoms with Gasteiger partial charge in [0.25, 0.3) is 0 Å². The van der Waals surface area contributed by atoms with Crippen LogP contribution in [0.4, 0.5) is 0 Å². The Bertz CT molecular complexity index is 366. The van der Waals surface area contributed by atoms with Crippen LogP contribution in [0.3, 0.4) is 0 Å². The smallest absolute Gasteiger partial charge is 0.337 e. The maximum absolute atomic E-state index is 11.6. The van der Waals surface area contributed by atoms with Crippen molar-refractivity contribution in [3.63, 3.8) is 0 Å². The molecule has 1 aromatic rings. The molecule has 1 aromatic carbocycles. The second-order valence-corrected chi connectivity index (χ2v) is 4.41. The van der Waals surface area contributed by atoms with Crippen molar-refractivity contribution in [2.75, 3.05) is 6.61 Å². The summed E-state index contributed by atoms with van der Waals surface area (Å²) in [6.45, 7) is 3.73. The number of esters is 1. The van der Waals surface area contributed by atoms with Gasteiger partial charge in [-0.05, 0) is 18.9 Å². The van der Waals surface area contributed by atoms with Crippen LogP contribution in [-0.2, 0) is 14.4 Å². The fourth-order valence-corrected chi connectivity index (χ4v) is 1.89. The quantitative estimate of drug-likeness (QED) is 0.650. The first-order chi connectivity index (χ1) is 8.06. The van der Waals surface area contributed by atoms with Gasteiger partial charge in [-0.1, -0.05) is 37.3 Å². The first kappa shape index (κ1) is 14.0. The van der Waals surface area contributed by atoms with Gasteiger partial charge in [-0.2, -0.15) is 0 Å². The van der Waals surface area contributed by atoms with Crippen molar-refractivity contribution in [1.82, 2.24) is 0 Å². The summed E-state index contributed by atoms with van der Waals surface area (Å²) >= 11 is 6.38. The summed E-state index contributed by atoms with van der Waals surface area (Å²) in [6.07, 6.45) is -0.935. The molecular formula is C13H17ClO3. The zero-order chi connectivity index (χ0) is 12.9. The molecule has 1 N–H and O–H groups in total. The van der Waals surface area contributed by atoms with E-state index in [1.807, 2.05) is 25.1 Å². The van der Waals surface area contributed by atoms with E-state index in [1.54, 1.807) is 19.1 Å². The first-order valence-electron chi connectivity index (χ1n) is 5.65. The molecule has 0 spiro atoms. The van der Waals surface area contributed by atoms with Crippen LogP contribution in [0, 0.1) is 0 Å². The minimum atomic E-state index is -1.36. The molecule has 0 saturated heterocycles. The molecule has 0 radical (unpaired) electrons. The SMILES string of the molecule is CCOC(=O)[C@H](O)[C@](Cl)(CC)c1ccccc1. The van der Waals surface area contributed by atoms with Gasteiger partial charge in [0.2, 0.25) is 0 Å². The molecule has 94 valence electrons. The number of alkyl halides is 1. The number of carbonyl (C=O) groups is 1. The van der Waals surface area contributed by atoms with E-state index < -0.39 is 16.9 Å². The maximum Gasteiger partial charge on any atom is 0.337 e. The molecule has 0 amide bonds. The van der Waals surface area contributed by atoms with Crippen molar-refractivity contribution in [3.8, 4) is 0 Å². The number of aliphatic hydroxyl groups excluding tert-OH is 1. The Labute approximate surface area is 106 Å². The Morgan fingerprint density at radius 2 is 2.00 bits per heavy atom. The number of hydrogen-bond donors (Lipinski definition) is 1. The number of rotatable bonds is 5. The molecule has 0 unspecified atom stereocenters. The molecular weight excluding hydrogens is 240 g/mol. The lowest BCUT2D eigenvalue weighted by atomic mass is 9.90. The summed E-state index contributed by atoms with van der Waals surface area (Å²) in [5.41, 5.74) is 0.713. The summed E-state index contributed by atoms with van der Waals surface area (Å²) in [6, 6.07) is 9.07. The third-order valence-electron chi connectivity index (χ3n) is 2.71. The van der Waals surface area contributed by atoms with Gasteiger partial charge in [-0.25, -0.2) is 4.79 Å². The van der Waals surface area contributed by atoms with Crippen molar-refractivity contribution in [2.24, 2.45) is 0 Å². The molecule has 3 nitrogen and oxygen atoms in total. The van der Waals surface area contributed by atoms with Crippen molar-refractivity contribution in [1.29, 1.82) is 0 Å². The highest BCUT2D eigenvalue weighted by Gasteiger charge is 2.41. The highest BCUT2D eigenvalue weighted by atomic mass is 35.5. The predicted octanol–water partition coefficient (Wildman–Crippen LogP) is 2.45. The Balaban J connectivity index is 3.00. The fourth-order valence-electron chi connectivity index (χ4n) is 1.68. The molecule has 0 bridgehead atoms. The zero-order valence-electron chi connectivity index (χ0n) is 10.0. The third-order valence-corrected chi connectivity index (χ3v) is 3.40. The van der Waals surface area contributed by atoms with E-state index in [9.17, 15) is 9.90 Å². The van der Waals surface area contributed by atoms with E-state index in [0.717, 1.165) is 0 Å². The Kier molecular flexibility index (Phi) is 4.97. The van der Waals surface area contributed by atoms with E-state index in [-0.39, 0.29) is 6.61 Å². The van der Waals surface area contributed by atoms with Gasteiger partial charge in [-0.3, -0.25) is 0 Å². The topological polar surface area (TPSA) is 46.5 Å². The van der Waals surface area contributed by atoms with Gasteiger partial charge in [0.1, 0.15) is 4.87 Å². The summed E-state index contributed by atoms with van der Waals surface area (Å²) in [5.74, 6) is -0.687. The Hall–Kier alpha value is -1.06. The van der Waals surface area contributed by atoms with Crippen molar-refractivity contribution in [2.45, 2.75) is 31.2 Å². The van der Waals surface area contributed by atoms with Crippen LogP contribution in [0.15, 0.2) is 30.3 Å². The van der Waals surface area contributed by atoms with Crippen LogP contribution in [0.5, 0.6) is 0 Å². The van der Waals surface area contributed by atoms with Crippen molar-refractivity contribution in [3.05, 3.63) is 35.9 Å². The lowest BCUT2D eigenvalue weighted by molar-refractivity contribution is -0.155. The summed E-state index contributed by atoms with van der Waals surface area (Å²) in [5, 5.41) is 10.0. The maximum atomic E-state index is 11.6. The second-order valence-electron chi connectivity index (χ2n) is 3.74. The minimum absolute atomic E-state index is 0.224. The van der Waals surface area contributed by atoms with Gasteiger partial charge in [0, 0.05) is 0 Å². The van der Waals surface area contributed by atoms with E-state index >= 15 is 0 Å². The average molecular weight is 257 g/mol. The third kappa shape index (κ3) is 2.99. The number of halogens is 1. The first-order valence-corrected chi connectivity index (χ1v) is 6.03. The van der Waals surface area contributed by atoms with E-state index in [2.05, 4.69) is 0 Å². The number of benzene rings is 1. The molecule has 4 heteroatoms. The van der Waals surface area contributed by atoms with Crippen LogP contribution in [0.1, 0.15) is 25.8 Å². The molecule has 0 aliphatic heterocycles. The summed E-state index contributed by atoms with van der Waals surface area (Å²) in [7, 11) is 0. The monoisotopic (exact) mass is 256 g/mol. The lowest BCUT2D eigenvalue weighted by Crippen LogP contribution is -2.41. The number of carbonyl (C=O) groups excluding carboxylic acids is 1. The number of hydrogen-bond acceptors (Lipinski definition) is 3. The molecule has 0 aliphatic rings. The normalized spacial score (nSPS) is 16.0. The Morgan fingerprint density at radius 1 is 1.41 bits per heavy atom. The van der Waals surface area contributed by atoms with Gasteiger partial charge >= 0.3 is 5.97 Å². The van der Waals surface area contributed by atoms with E-state index in [0.29, 0.717) is 12.0 Å². The highest BCUT2D eigenvalue weighted by molar-refractivity contribution is 6.25. The molecule has 1 rings (SSSR count).